The number of hydrogen-bond donors (Lipinski definition) is 2. The van der Waals surface area contributed by atoms with E-state index in [1.165, 1.54) is 0 Å². The Labute approximate surface area is 43.5 Å². The number of hydrogen-bond acceptors (Lipinski definition) is 2. The molecule has 5 heteroatoms. The second-order valence-electron chi connectivity index (χ2n) is 0.949. The first-order chi connectivity index (χ1) is 3.18. The molecule has 0 aromatic heterocycles. The van der Waals surface area contributed by atoms with Crippen LogP contribution in [-0.2, 0) is 0 Å². The number of primary amides is 1. The van der Waals surface area contributed by atoms with E-state index >= 15 is 0 Å². The van der Waals surface area contributed by atoms with Gasteiger partial charge in [-0.05, 0) is 9.39 Å². The smallest absolute Gasteiger partial charge is 0.319 e. The number of urea groups is 1. The van der Waals surface area contributed by atoms with Crippen LogP contribution in [0.3, 0.4) is 0 Å². The van der Waals surface area contributed by atoms with Crippen molar-refractivity contribution in [1.82, 2.24) is 4.67 Å². The summed E-state index contributed by atoms with van der Waals surface area (Å²) in [6.45, 7) is -0.361. The van der Waals surface area contributed by atoms with E-state index in [2.05, 4.69) is 5.73 Å². The zero-order chi connectivity index (χ0) is 5.86. The zero-order valence-electron chi connectivity index (χ0n) is 3.66. The summed E-state index contributed by atoms with van der Waals surface area (Å²) in [6.07, 6.45) is 0. The fourth-order valence-electron chi connectivity index (χ4n) is 0.0697. The highest BCUT2D eigenvalue weighted by atomic mass is 31.0. The van der Waals surface area contributed by atoms with Gasteiger partial charge in [0.2, 0.25) is 0 Å². The molecule has 0 spiro atoms. The lowest BCUT2D eigenvalue weighted by molar-refractivity contribution is 0.184. The lowest BCUT2D eigenvalue weighted by Crippen LogP contribution is -2.27. The lowest BCUT2D eigenvalue weighted by Gasteiger charge is -2.06. The van der Waals surface area contributed by atoms with Crippen molar-refractivity contribution >= 4 is 15.4 Å². The maximum absolute atomic E-state index is 9.90. The number of nitrogens with two attached hydrogens (primary N) is 1. The third kappa shape index (κ3) is 2.37. The summed E-state index contributed by atoms with van der Waals surface area (Å²) in [5.41, 5.74) is 4.65. The summed E-state index contributed by atoms with van der Waals surface area (Å²) in [5.74, 6) is 0. The van der Waals surface area contributed by atoms with E-state index in [-0.39, 0.29) is 6.73 Å². The van der Waals surface area contributed by atoms with E-state index in [1.54, 1.807) is 0 Å². The van der Waals surface area contributed by atoms with Gasteiger partial charge >= 0.3 is 6.03 Å². The van der Waals surface area contributed by atoms with Gasteiger partial charge in [0.15, 0.2) is 0 Å². The molecule has 0 aliphatic heterocycles. The second-order valence-corrected chi connectivity index (χ2v) is 1.57. The van der Waals surface area contributed by atoms with E-state index in [9.17, 15) is 4.79 Å². The predicted molar refractivity (Wildman–Crippen MR) is 28.2 cm³/mol. The van der Waals surface area contributed by atoms with Gasteiger partial charge in [-0.1, -0.05) is 0 Å². The molecular formula is C2H7N2O2P. The molecule has 0 aliphatic rings. The molecule has 7 heavy (non-hydrogen) atoms. The van der Waals surface area contributed by atoms with Gasteiger partial charge in [0, 0.05) is 0 Å². The summed E-state index contributed by atoms with van der Waals surface area (Å²) in [4.78, 5) is 9.90. The van der Waals surface area contributed by atoms with Crippen molar-refractivity contribution in [2.45, 2.75) is 0 Å². The maximum Gasteiger partial charge on any atom is 0.319 e. The minimum Gasteiger partial charge on any atom is -0.376 e. The average molecular weight is 122 g/mol. The highest BCUT2D eigenvalue weighted by Crippen LogP contribution is 1.91. The van der Waals surface area contributed by atoms with Crippen LogP contribution in [0.15, 0.2) is 0 Å². The highest BCUT2D eigenvalue weighted by Gasteiger charge is 1.96. The molecule has 1 unspecified atom stereocenters. The van der Waals surface area contributed by atoms with Crippen LogP contribution >= 0.6 is 9.39 Å². The molecule has 0 radical (unpaired) electrons. The van der Waals surface area contributed by atoms with Crippen LogP contribution in [0.5, 0.6) is 0 Å². The predicted octanol–water partition coefficient (Wildman–Crippen LogP) is -0.893. The van der Waals surface area contributed by atoms with Gasteiger partial charge in [-0.3, -0.25) is 4.67 Å². The fourth-order valence-corrected chi connectivity index (χ4v) is 0.0697. The Bertz CT molecular complexity index is 76.1. The quantitative estimate of drug-likeness (QED) is 0.350. The van der Waals surface area contributed by atoms with Crippen molar-refractivity contribution in [2.24, 2.45) is 5.73 Å². The van der Waals surface area contributed by atoms with E-state index in [1.807, 2.05) is 9.39 Å². The SMILES string of the molecule is NC(=O)N(P)CO. The highest BCUT2D eigenvalue weighted by molar-refractivity contribution is 7.14. The van der Waals surface area contributed by atoms with Crippen molar-refractivity contribution in [3.05, 3.63) is 0 Å². The number of carbonyl (C=O) groups is 1. The van der Waals surface area contributed by atoms with Crippen LogP contribution in [0.25, 0.3) is 0 Å². The third-order valence-corrected chi connectivity index (χ3v) is 0.853. The maximum atomic E-state index is 9.90. The van der Waals surface area contributed by atoms with Crippen molar-refractivity contribution in [3.63, 3.8) is 0 Å². The standard InChI is InChI=1S/C2H7N2O2P/c3-2(6)4(7)1-5/h5H,1,7H2,(H2,3,6). The number of rotatable bonds is 1. The van der Waals surface area contributed by atoms with Crippen molar-refractivity contribution in [2.75, 3.05) is 6.73 Å². The molecule has 42 valence electrons. The summed E-state index contributed by atoms with van der Waals surface area (Å²) in [7, 11) is 1.96. The molecule has 0 saturated heterocycles. The molecule has 0 heterocycles. The van der Waals surface area contributed by atoms with Crippen molar-refractivity contribution in [1.29, 1.82) is 0 Å². The Morgan fingerprint density at radius 2 is 2.43 bits per heavy atom. The minimum absolute atomic E-state index is 0.361. The number of amides is 2. The molecule has 1 atom stereocenters. The van der Waals surface area contributed by atoms with Crippen LogP contribution < -0.4 is 5.73 Å². The van der Waals surface area contributed by atoms with Gasteiger partial charge in [0.25, 0.3) is 0 Å². The van der Waals surface area contributed by atoms with Gasteiger partial charge in [0.1, 0.15) is 6.73 Å². The van der Waals surface area contributed by atoms with E-state index in [4.69, 9.17) is 5.11 Å². The van der Waals surface area contributed by atoms with Crippen LogP contribution in [0.2, 0.25) is 0 Å². The van der Waals surface area contributed by atoms with E-state index in [0.29, 0.717) is 0 Å². The molecule has 0 aromatic carbocycles. The Balaban J connectivity index is 3.34. The average Bonchev–Trinajstić information content (AvgIpc) is 1.65. The lowest BCUT2D eigenvalue weighted by atomic mass is 11.0. The van der Waals surface area contributed by atoms with Gasteiger partial charge in [0.05, 0.1) is 0 Å². The minimum atomic E-state index is -0.660. The largest absolute Gasteiger partial charge is 0.376 e. The van der Waals surface area contributed by atoms with E-state index < -0.39 is 6.03 Å². The Kier molecular flexibility index (Phi) is 2.64. The molecular weight excluding hydrogens is 115 g/mol. The first kappa shape index (κ1) is 6.66. The number of carbonyl (C=O) groups excluding carboxylic acids is 1. The van der Waals surface area contributed by atoms with Gasteiger partial charge in [-0.2, -0.15) is 0 Å². The Hall–Kier alpha value is -0.340. The molecule has 0 fully saturated rings. The summed E-state index contributed by atoms with van der Waals surface area (Å²) in [5, 5.41) is 8.11. The van der Waals surface area contributed by atoms with Crippen molar-refractivity contribution in [3.8, 4) is 0 Å². The molecule has 0 rings (SSSR count). The zero-order valence-corrected chi connectivity index (χ0v) is 4.82. The third-order valence-electron chi connectivity index (χ3n) is 0.435. The summed E-state index contributed by atoms with van der Waals surface area (Å²) in [6, 6.07) is -0.660. The molecule has 4 nitrogen and oxygen atoms in total. The molecule has 0 saturated carbocycles. The van der Waals surface area contributed by atoms with Crippen LogP contribution in [0.1, 0.15) is 0 Å². The molecule has 0 aliphatic carbocycles. The van der Waals surface area contributed by atoms with Gasteiger partial charge in [-0.15, -0.1) is 0 Å². The Morgan fingerprint density at radius 1 is 2.00 bits per heavy atom. The number of nitrogens with zero attached hydrogens (tertiary/aromatic N) is 1. The fraction of sp³-hybridized carbons (Fsp3) is 0.500. The molecule has 0 bridgehead atoms. The first-order valence-electron chi connectivity index (χ1n) is 1.61. The van der Waals surface area contributed by atoms with Crippen molar-refractivity contribution < 1.29 is 9.90 Å². The summed E-state index contributed by atoms with van der Waals surface area (Å²) >= 11 is 0. The van der Waals surface area contributed by atoms with Gasteiger partial charge in [-0.25, -0.2) is 4.79 Å². The molecule has 2 amide bonds. The summed E-state index contributed by atoms with van der Waals surface area (Å²) < 4.78 is 0.903. The van der Waals surface area contributed by atoms with Crippen LogP contribution in [-0.4, -0.2) is 22.5 Å². The molecule has 0 aromatic rings. The topological polar surface area (TPSA) is 66.6 Å². The second kappa shape index (κ2) is 2.77. The van der Waals surface area contributed by atoms with Gasteiger partial charge < -0.3 is 10.8 Å². The van der Waals surface area contributed by atoms with Crippen LogP contribution in [0.4, 0.5) is 4.79 Å². The van der Waals surface area contributed by atoms with E-state index in [0.717, 1.165) is 4.67 Å². The normalized spacial score (nSPS) is 8.29. The monoisotopic (exact) mass is 122 g/mol. The Morgan fingerprint density at radius 3 is 2.43 bits per heavy atom. The number of aliphatic hydroxyl groups is 1. The number of aliphatic hydroxyl groups excluding tert-OH is 1. The molecule has 3 N–H and O–H groups in total. The first-order valence-corrected chi connectivity index (χ1v) is 2.12. The van der Waals surface area contributed by atoms with Crippen LogP contribution in [0, 0.1) is 0 Å².